The first-order chi connectivity index (χ1) is 6.04. The Morgan fingerprint density at radius 2 is 2.23 bits per heavy atom. The SMILES string of the molecule is [CH2]C(C)c1cccc([N+](=O)[O-])c1Cl. The van der Waals surface area contributed by atoms with Crippen molar-refractivity contribution in [2.45, 2.75) is 12.8 Å². The van der Waals surface area contributed by atoms with Crippen LogP contribution in [0.25, 0.3) is 0 Å². The number of rotatable bonds is 2. The van der Waals surface area contributed by atoms with Crippen LogP contribution in [0.5, 0.6) is 0 Å². The van der Waals surface area contributed by atoms with E-state index in [4.69, 9.17) is 11.6 Å². The predicted molar refractivity (Wildman–Crippen MR) is 51.9 cm³/mol. The lowest BCUT2D eigenvalue weighted by molar-refractivity contribution is -0.384. The molecule has 3 nitrogen and oxygen atoms in total. The Kier molecular flexibility index (Phi) is 2.88. The fraction of sp³-hybridized carbons (Fsp3) is 0.222. The minimum atomic E-state index is -0.492. The van der Waals surface area contributed by atoms with E-state index in [1.54, 1.807) is 12.1 Å². The third-order valence-corrected chi connectivity index (χ3v) is 2.15. The number of halogens is 1. The highest BCUT2D eigenvalue weighted by atomic mass is 35.5. The van der Waals surface area contributed by atoms with Gasteiger partial charge in [-0.1, -0.05) is 30.7 Å². The molecule has 1 radical (unpaired) electrons. The van der Waals surface area contributed by atoms with Gasteiger partial charge in [-0.15, -0.1) is 0 Å². The van der Waals surface area contributed by atoms with Gasteiger partial charge in [0.1, 0.15) is 5.02 Å². The molecule has 1 rings (SSSR count). The molecule has 0 N–H and O–H groups in total. The average molecular weight is 199 g/mol. The van der Waals surface area contributed by atoms with Crippen LogP contribution in [0.15, 0.2) is 18.2 Å². The molecule has 0 saturated carbocycles. The van der Waals surface area contributed by atoms with E-state index in [9.17, 15) is 10.1 Å². The first kappa shape index (κ1) is 9.99. The van der Waals surface area contributed by atoms with Crippen LogP contribution in [0, 0.1) is 17.0 Å². The molecule has 0 aliphatic heterocycles. The highest BCUT2D eigenvalue weighted by molar-refractivity contribution is 6.33. The van der Waals surface area contributed by atoms with Gasteiger partial charge in [0.2, 0.25) is 0 Å². The maximum absolute atomic E-state index is 10.5. The lowest BCUT2D eigenvalue weighted by atomic mass is 10.0. The monoisotopic (exact) mass is 198 g/mol. The molecule has 0 aromatic heterocycles. The van der Waals surface area contributed by atoms with Crippen molar-refractivity contribution >= 4 is 17.3 Å². The molecule has 4 heteroatoms. The van der Waals surface area contributed by atoms with Crippen LogP contribution < -0.4 is 0 Å². The molecule has 0 aliphatic rings. The molecule has 1 unspecified atom stereocenters. The minimum absolute atomic E-state index is 0.0487. The predicted octanol–water partition coefficient (Wildman–Crippen LogP) is 3.19. The fourth-order valence-electron chi connectivity index (χ4n) is 1.06. The minimum Gasteiger partial charge on any atom is -0.258 e. The highest BCUT2D eigenvalue weighted by Crippen LogP contribution is 2.31. The molecule has 0 fully saturated rings. The van der Waals surface area contributed by atoms with E-state index in [0.29, 0.717) is 5.56 Å². The van der Waals surface area contributed by atoms with Crippen molar-refractivity contribution < 1.29 is 4.92 Å². The number of benzene rings is 1. The van der Waals surface area contributed by atoms with Crippen LogP contribution in [0.4, 0.5) is 5.69 Å². The first-order valence-corrected chi connectivity index (χ1v) is 4.17. The van der Waals surface area contributed by atoms with E-state index in [2.05, 4.69) is 6.92 Å². The van der Waals surface area contributed by atoms with Crippen molar-refractivity contribution in [1.29, 1.82) is 0 Å². The number of hydrogen-bond acceptors (Lipinski definition) is 2. The van der Waals surface area contributed by atoms with Crippen molar-refractivity contribution in [2.24, 2.45) is 0 Å². The second-order valence-corrected chi connectivity index (χ2v) is 3.22. The van der Waals surface area contributed by atoms with Gasteiger partial charge < -0.3 is 0 Å². The Morgan fingerprint density at radius 3 is 2.69 bits per heavy atom. The van der Waals surface area contributed by atoms with E-state index in [1.807, 2.05) is 6.92 Å². The summed E-state index contributed by atoms with van der Waals surface area (Å²) in [6.07, 6.45) is 0. The van der Waals surface area contributed by atoms with Crippen LogP contribution in [0.1, 0.15) is 18.4 Å². The number of nitro benzene ring substituents is 1. The fourth-order valence-corrected chi connectivity index (χ4v) is 1.44. The van der Waals surface area contributed by atoms with Gasteiger partial charge >= 0.3 is 0 Å². The topological polar surface area (TPSA) is 43.1 Å². The molecular weight excluding hydrogens is 190 g/mol. The molecular formula is C9H9ClNO2. The highest BCUT2D eigenvalue weighted by Gasteiger charge is 2.16. The molecule has 1 aromatic rings. The van der Waals surface area contributed by atoms with E-state index in [0.717, 1.165) is 0 Å². The summed E-state index contributed by atoms with van der Waals surface area (Å²) in [5.74, 6) is -0.0487. The normalized spacial score (nSPS) is 10.5. The lowest BCUT2D eigenvalue weighted by Gasteiger charge is -2.06. The lowest BCUT2D eigenvalue weighted by Crippen LogP contribution is -1.94. The maximum Gasteiger partial charge on any atom is 0.288 e. The van der Waals surface area contributed by atoms with Crippen LogP contribution in [-0.2, 0) is 0 Å². The second-order valence-electron chi connectivity index (χ2n) is 2.84. The van der Waals surface area contributed by atoms with E-state index in [-0.39, 0.29) is 16.6 Å². The smallest absolute Gasteiger partial charge is 0.258 e. The third kappa shape index (κ3) is 1.98. The summed E-state index contributed by atoms with van der Waals surface area (Å²) in [7, 11) is 0. The second kappa shape index (κ2) is 3.75. The van der Waals surface area contributed by atoms with Gasteiger partial charge in [0.15, 0.2) is 0 Å². The molecule has 69 valence electrons. The van der Waals surface area contributed by atoms with Crippen LogP contribution in [0.3, 0.4) is 0 Å². The summed E-state index contributed by atoms with van der Waals surface area (Å²) < 4.78 is 0. The van der Waals surface area contributed by atoms with Crippen molar-refractivity contribution in [3.63, 3.8) is 0 Å². The summed E-state index contributed by atoms with van der Waals surface area (Å²) in [5, 5.41) is 10.7. The largest absolute Gasteiger partial charge is 0.288 e. The van der Waals surface area contributed by atoms with Crippen LogP contribution in [-0.4, -0.2) is 4.92 Å². The Morgan fingerprint density at radius 1 is 1.62 bits per heavy atom. The molecule has 1 atom stereocenters. The standard InChI is InChI=1S/C9H9ClNO2/c1-6(2)7-4-3-5-8(9(7)10)11(12)13/h3-6H,1H2,2H3. The van der Waals surface area contributed by atoms with Crippen molar-refractivity contribution in [2.75, 3.05) is 0 Å². The zero-order chi connectivity index (χ0) is 10.0. The molecule has 0 saturated heterocycles. The van der Waals surface area contributed by atoms with Crippen molar-refractivity contribution in [3.05, 3.63) is 45.8 Å². The van der Waals surface area contributed by atoms with Crippen LogP contribution >= 0.6 is 11.6 Å². The summed E-state index contributed by atoms with van der Waals surface area (Å²) >= 11 is 5.82. The molecule has 0 heterocycles. The van der Waals surface area contributed by atoms with E-state index in [1.165, 1.54) is 6.07 Å². The van der Waals surface area contributed by atoms with Gasteiger partial charge in [-0.05, 0) is 18.4 Å². The first-order valence-electron chi connectivity index (χ1n) is 3.80. The molecule has 0 aliphatic carbocycles. The molecule has 1 aromatic carbocycles. The van der Waals surface area contributed by atoms with Crippen molar-refractivity contribution in [3.8, 4) is 0 Å². The van der Waals surface area contributed by atoms with Gasteiger partial charge in [-0.2, -0.15) is 0 Å². The Hall–Kier alpha value is -1.09. The van der Waals surface area contributed by atoms with Crippen LogP contribution in [0.2, 0.25) is 5.02 Å². The summed E-state index contributed by atoms with van der Waals surface area (Å²) in [6.45, 7) is 5.60. The molecule has 0 amide bonds. The zero-order valence-electron chi connectivity index (χ0n) is 7.16. The molecule has 13 heavy (non-hydrogen) atoms. The van der Waals surface area contributed by atoms with Gasteiger partial charge in [0.25, 0.3) is 5.69 Å². The van der Waals surface area contributed by atoms with Crippen molar-refractivity contribution in [1.82, 2.24) is 0 Å². The third-order valence-electron chi connectivity index (χ3n) is 1.74. The molecule has 0 bridgehead atoms. The summed E-state index contributed by atoms with van der Waals surface area (Å²) in [4.78, 5) is 10.0. The van der Waals surface area contributed by atoms with Gasteiger partial charge in [-0.25, -0.2) is 0 Å². The quantitative estimate of drug-likeness (QED) is 0.541. The Balaban J connectivity index is 3.26. The van der Waals surface area contributed by atoms with E-state index < -0.39 is 4.92 Å². The Bertz CT molecular complexity index is 336. The zero-order valence-corrected chi connectivity index (χ0v) is 7.91. The maximum atomic E-state index is 10.5. The number of nitrogens with zero attached hydrogens (tertiary/aromatic N) is 1. The summed E-state index contributed by atoms with van der Waals surface area (Å²) in [6, 6.07) is 4.74. The summed E-state index contributed by atoms with van der Waals surface area (Å²) in [5.41, 5.74) is 0.644. The number of nitro groups is 1. The van der Waals surface area contributed by atoms with Gasteiger partial charge in [0.05, 0.1) is 4.92 Å². The van der Waals surface area contributed by atoms with E-state index >= 15 is 0 Å². The van der Waals surface area contributed by atoms with Gasteiger partial charge in [-0.3, -0.25) is 10.1 Å². The average Bonchev–Trinajstić information content (AvgIpc) is 2.03. The Labute approximate surface area is 81.5 Å². The van der Waals surface area contributed by atoms with Gasteiger partial charge in [0, 0.05) is 6.07 Å². The number of hydrogen-bond donors (Lipinski definition) is 0. The molecule has 0 spiro atoms.